The molecule has 3 rings (SSSR count). The van der Waals surface area contributed by atoms with Gasteiger partial charge in [0, 0.05) is 18.7 Å². The van der Waals surface area contributed by atoms with E-state index in [2.05, 4.69) is 5.32 Å². The van der Waals surface area contributed by atoms with Crippen LogP contribution in [0.4, 0.5) is 0 Å². The monoisotopic (exact) mass is 392 g/mol. The third kappa shape index (κ3) is 4.37. The van der Waals surface area contributed by atoms with Crippen LogP contribution in [-0.2, 0) is 25.5 Å². The minimum atomic E-state index is -0.595. The summed E-state index contributed by atoms with van der Waals surface area (Å²) in [5.41, 5.74) is 1.07. The number of ether oxygens (including phenoxy) is 2. The molecule has 0 saturated carbocycles. The van der Waals surface area contributed by atoms with Crippen molar-refractivity contribution in [2.24, 2.45) is 0 Å². The van der Waals surface area contributed by atoms with E-state index in [0.29, 0.717) is 25.1 Å². The highest BCUT2D eigenvalue weighted by atomic mass is 32.2. The Hall–Kier alpha value is -2.22. The molecule has 7 nitrogen and oxygen atoms in total. The van der Waals surface area contributed by atoms with E-state index in [9.17, 15) is 14.4 Å². The van der Waals surface area contributed by atoms with Crippen LogP contribution in [0.1, 0.15) is 25.3 Å². The molecule has 2 amide bonds. The van der Waals surface area contributed by atoms with E-state index < -0.39 is 12.0 Å². The van der Waals surface area contributed by atoms with Crippen molar-refractivity contribution in [3.63, 3.8) is 0 Å². The van der Waals surface area contributed by atoms with E-state index in [1.54, 1.807) is 23.8 Å². The third-order valence-corrected chi connectivity index (χ3v) is 6.46. The van der Waals surface area contributed by atoms with Gasteiger partial charge in [-0.2, -0.15) is 0 Å². The number of carbonyl (C=O) groups excluding carboxylic acids is 3. The van der Waals surface area contributed by atoms with Gasteiger partial charge < -0.3 is 19.7 Å². The second-order valence-corrected chi connectivity index (χ2v) is 8.32. The predicted molar refractivity (Wildman–Crippen MR) is 101 cm³/mol. The molecule has 27 heavy (non-hydrogen) atoms. The molecule has 1 aromatic carbocycles. The average molecular weight is 392 g/mol. The summed E-state index contributed by atoms with van der Waals surface area (Å²) in [5.74, 6) is 0.422. The fraction of sp³-hybridized carbons (Fsp3) is 0.526. The summed E-state index contributed by atoms with van der Waals surface area (Å²) < 4.78 is 10.3. The summed E-state index contributed by atoms with van der Waals surface area (Å²) in [5, 5.41) is 2.74. The van der Waals surface area contributed by atoms with Gasteiger partial charge in [0.2, 0.25) is 5.91 Å². The molecular formula is C19H24N2O5S. The van der Waals surface area contributed by atoms with Gasteiger partial charge in [0.25, 0.3) is 5.91 Å². The minimum absolute atomic E-state index is 0.0200. The second kappa shape index (κ2) is 8.21. The summed E-state index contributed by atoms with van der Waals surface area (Å²) in [6.45, 7) is 2.09. The normalized spacial score (nSPS) is 23.9. The van der Waals surface area contributed by atoms with Crippen molar-refractivity contribution in [1.29, 1.82) is 0 Å². The highest BCUT2D eigenvalue weighted by molar-refractivity contribution is 8.01. The standard InChI is InChI=1S/C19H24N2O5S/c1-19-9-7-17(23)21(19)15(12-27-19)18(24)26-11-16(22)20-10-8-13-3-5-14(25-2)6-4-13/h3-6,15H,7-12H2,1-2H3,(H,20,22)/t15-,19-/m0/s1. The van der Waals surface area contributed by atoms with E-state index in [-0.39, 0.29) is 23.3 Å². The molecule has 0 aliphatic carbocycles. The number of thioether (sulfide) groups is 1. The lowest BCUT2D eigenvalue weighted by molar-refractivity contribution is -0.156. The smallest absolute Gasteiger partial charge is 0.330 e. The van der Waals surface area contributed by atoms with Crippen molar-refractivity contribution in [2.45, 2.75) is 37.1 Å². The fourth-order valence-electron chi connectivity index (χ4n) is 3.42. The lowest BCUT2D eigenvalue weighted by atomic mass is 10.1. The van der Waals surface area contributed by atoms with Crippen LogP contribution in [-0.4, -0.2) is 59.6 Å². The Labute approximate surface area is 162 Å². The Balaban J connectivity index is 1.40. The number of hydrogen-bond acceptors (Lipinski definition) is 6. The molecule has 0 aromatic heterocycles. The maximum Gasteiger partial charge on any atom is 0.330 e. The zero-order valence-corrected chi connectivity index (χ0v) is 16.3. The molecule has 8 heteroatoms. The highest BCUT2D eigenvalue weighted by Crippen LogP contribution is 2.47. The molecule has 146 valence electrons. The summed E-state index contributed by atoms with van der Waals surface area (Å²) in [6, 6.07) is 7.01. The summed E-state index contributed by atoms with van der Waals surface area (Å²) in [6.07, 6.45) is 1.87. The zero-order valence-electron chi connectivity index (χ0n) is 15.5. The first kappa shape index (κ1) is 19.5. The third-order valence-electron chi connectivity index (χ3n) is 4.96. The van der Waals surface area contributed by atoms with E-state index in [0.717, 1.165) is 17.7 Å². The number of nitrogens with zero attached hydrogens (tertiary/aromatic N) is 1. The van der Waals surface area contributed by atoms with Gasteiger partial charge in [-0.1, -0.05) is 12.1 Å². The van der Waals surface area contributed by atoms with E-state index in [1.165, 1.54) is 0 Å². The van der Waals surface area contributed by atoms with Crippen molar-refractivity contribution >= 4 is 29.5 Å². The van der Waals surface area contributed by atoms with Gasteiger partial charge in [0.1, 0.15) is 11.8 Å². The summed E-state index contributed by atoms with van der Waals surface area (Å²) in [7, 11) is 1.61. The lowest BCUT2D eigenvalue weighted by Crippen LogP contribution is -2.47. The second-order valence-electron chi connectivity index (χ2n) is 6.82. The number of nitrogens with one attached hydrogen (secondary N) is 1. The van der Waals surface area contributed by atoms with Gasteiger partial charge in [0.15, 0.2) is 6.61 Å². The molecule has 1 N–H and O–H groups in total. The van der Waals surface area contributed by atoms with E-state index in [1.807, 2.05) is 31.2 Å². The predicted octanol–water partition coefficient (Wildman–Crippen LogP) is 1.35. The molecule has 2 fully saturated rings. The highest BCUT2D eigenvalue weighted by Gasteiger charge is 2.53. The van der Waals surface area contributed by atoms with Crippen molar-refractivity contribution < 1.29 is 23.9 Å². The van der Waals surface area contributed by atoms with Crippen LogP contribution < -0.4 is 10.1 Å². The number of amides is 2. The molecule has 0 bridgehead atoms. The average Bonchev–Trinajstić information content (AvgIpc) is 3.16. The van der Waals surface area contributed by atoms with Gasteiger partial charge in [0.05, 0.1) is 12.0 Å². The largest absolute Gasteiger partial charge is 0.497 e. The quantitative estimate of drug-likeness (QED) is 0.705. The van der Waals surface area contributed by atoms with Crippen molar-refractivity contribution in [3.8, 4) is 5.75 Å². The first-order valence-electron chi connectivity index (χ1n) is 8.95. The minimum Gasteiger partial charge on any atom is -0.497 e. The van der Waals surface area contributed by atoms with Crippen molar-refractivity contribution in [3.05, 3.63) is 29.8 Å². The number of methoxy groups -OCH3 is 1. The van der Waals surface area contributed by atoms with Gasteiger partial charge in [-0.05, 0) is 37.5 Å². The molecule has 2 saturated heterocycles. The van der Waals surface area contributed by atoms with Gasteiger partial charge in [-0.3, -0.25) is 9.59 Å². The maximum atomic E-state index is 12.3. The van der Waals surface area contributed by atoms with Crippen LogP contribution in [0, 0.1) is 0 Å². The van der Waals surface area contributed by atoms with Crippen molar-refractivity contribution in [2.75, 3.05) is 26.0 Å². The SMILES string of the molecule is COc1ccc(CCNC(=O)COC(=O)[C@@H]2CS[C@@]3(C)CCC(=O)N23)cc1. The topological polar surface area (TPSA) is 84.9 Å². The zero-order chi connectivity index (χ0) is 19.4. The first-order valence-corrected chi connectivity index (χ1v) is 9.94. The number of esters is 1. The van der Waals surface area contributed by atoms with Gasteiger partial charge in [-0.15, -0.1) is 11.8 Å². The maximum absolute atomic E-state index is 12.3. The molecule has 2 heterocycles. The summed E-state index contributed by atoms with van der Waals surface area (Å²) in [4.78, 5) is 37.6. The van der Waals surface area contributed by atoms with Crippen LogP contribution in [0.5, 0.6) is 5.75 Å². The molecule has 2 aliphatic rings. The van der Waals surface area contributed by atoms with Gasteiger partial charge >= 0.3 is 5.97 Å². The lowest BCUT2D eigenvalue weighted by Gasteiger charge is -2.29. The molecular weight excluding hydrogens is 368 g/mol. The molecule has 0 spiro atoms. The van der Waals surface area contributed by atoms with Gasteiger partial charge in [-0.25, -0.2) is 4.79 Å². The van der Waals surface area contributed by atoms with E-state index in [4.69, 9.17) is 9.47 Å². The van der Waals surface area contributed by atoms with Crippen LogP contribution in [0.15, 0.2) is 24.3 Å². The van der Waals surface area contributed by atoms with Crippen LogP contribution >= 0.6 is 11.8 Å². The molecule has 0 unspecified atom stereocenters. The number of rotatable bonds is 7. The first-order chi connectivity index (χ1) is 12.9. The van der Waals surface area contributed by atoms with Crippen molar-refractivity contribution in [1.82, 2.24) is 10.2 Å². The summed E-state index contributed by atoms with van der Waals surface area (Å²) >= 11 is 1.60. The molecule has 2 atom stereocenters. The Morgan fingerprint density at radius 3 is 2.78 bits per heavy atom. The molecule has 2 aliphatic heterocycles. The Bertz CT molecular complexity index is 723. The number of carbonyl (C=O) groups is 3. The number of fused-ring (bicyclic) bond motifs is 1. The molecule has 1 aromatic rings. The number of benzene rings is 1. The van der Waals surface area contributed by atoms with Crippen LogP contribution in [0.3, 0.4) is 0 Å². The Morgan fingerprint density at radius 1 is 1.33 bits per heavy atom. The van der Waals surface area contributed by atoms with Crippen LogP contribution in [0.25, 0.3) is 0 Å². The fourth-order valence-corrected chi connectivity index (χ4v) is 4.83. The van der Waals surface area contributed by atoms with E-state index >= 15 is 0 Å². The Morgan fingerprint density at radius 2 is 2.07 bits per heavy atom. The number of hydrogen-bond donors (Lipinski definition) is 1. The Kier molecular flexibility index (Phi) is 5.94. The van der Waals surface area contributed by atoms with Crippen LogP contribution in [0.2, 0.25) is 0 Å². The molecule has 0 radical (unpaired) electrons.